The number of hydrogen-bond donors (Lipinski definition) is 0. The van der Waals surface area contributed by atoms with E-state index in [9.17, 15) is 0 Å². The lowest BCUT2D eigenvalue weighted by Crippen LogP contribution is -2.69. The predicted molar refractivity (Wildman–Crippen MR) is 86.6 cm³/mol. The molecule has 7 heteroatoms. The van der Waals surface area contributed by atoms with Crippen molar-refractivity contribution in [3.63, 3.8) is 0 Å². The maximum atomic E-state index is 4.73. The number of aromatic nitrogens is 5. The first-order valence-corrected chi connectivity index (χ1v) is 7.91. The van der Waals surface area contributed by atoms with Crippen LogP contribution in [0.2, 0.25) is 0 Å². The van der Waals surface area contributed by atoms with Gasteiger partial charge in [-0.3, -0.25) is 0 Å². The number of nitrogens with zero attached hydrogens (tertiary/aromatic N) is 7. The molecule has 3 aromatic rings. The lowest BCUT2D eigenvalue weighted by molar-refractivity contribution is 0.288. The molecule has 0 amide bonds. The van der Waals surface area contributed by atoms with E-state index >= 15 is 0 Å². The Hall–Kier alpha value is -2.70. The van der Waals surface area contributed by atoms with E-state index in [1.165, 1.54) is 6.42 Å². The van der Waals surface area contributed by atoms with E-state index < -0.39 is 0 Å². The molecule has 0 aliphatic carbocycles. The molecular formula is C16H17N7. The van der Waals surface area contributed by atoms with Gasteiger partial charge in [0.1, 0.15) is 17.5 Å². The molecule has 0 spiro atoms. The number of rotatable bonds is 2. The van der Waals surface area contributed by atoms with Gasteiger partial charge in [-0.25, -0.2) is 19.5 Å². The highest BCUT2D eigenvalue weighted by molar-refractivity contribution is 5.54. The lowest BCUT2D eigenvalue weighted by Gasteiger charge is -2.57. The van der Waals surface area contributed by atoms with Crippen LogP contribution in [0.15, 0.2) is 36.8 Å². The second-order valence-corrected chi connectivity index (χ2v) is 6.24. The van der Waals surface area contributed by atoms with Crippen LogP contribution in [0.5, 0.6) is 0 Å². The molecule has 2 atom stereocenters. The molecule has 3 aliphatic rings. The molecule has 0 aromatic carbocycles. The Balaban J connectivity index is 1.40. The Labute approximate surface area is 133 Å². The normalized spacial score (nSPS) is 23.2. The quantitative estimate of drug-likeness (QED) is 0.711. The van der Waals surface area contributed by atoms with Crippen LogP contribution in [0.3, 0.4) is 0 Å². The fourth-order valence-electron chi connectivity index (χ4n) is 3.74. The Morgan fingerprint density at radius 2 is 1.87 bits per heavy atom. The Morgan fingerprint density at radius 3 is 2.70 bits per heavy atom. The van der Waals surface area contributed by atoms with Crippen LogP contribution in [0.1, 0.15) is 12.2 Å². The van der Waals surface area contributed by atoms with Crippen LogP contribution in [-0.2, 0) is 0 Å². The van der Waals surface area contributed by atoms with E-state index in [0.717, 1.165) is 36.2 Å². The van der Waals surface area contributed by atoms with E-state index in [0.29, 0.717) is 12.1 Å². The molecule has 3 aromatic heterocycles. The summed E-state index contributed by atoms with van der Waals surface area (Å²) in [6.07, 6.45) is 6.83. The summed E-state index contributed by atoms with van der Waals surface area (Å²) in [5, 5.41) is 4.21. The highest BCUT2D eigenvalue weighted by Gasteiger charge is 2.45. The topological polar surface area (TPSA) is 62.5 Å². The number of anilines is 2. The fraction of sp³-hybridized carbons (Fsp3) is 0.375. The van der Waals surface area contributed by atoms with Crippen LogP contribution < -0.4 is 9.80 Å². The lowest BCUT2D eigenvalue weighted by atomic mass is 9.87. The maximum Gasteiger partial charge on any atom is 0.157 e. The molecular weight excluding hydrogens is 290 g/mol. The molecule has 2 unspecified atom stereocenters. The van der Waals surface area contributed by atoms with Crippen molar-refractivity contribution in [3.05, 3.63) is 42.6 Å². The highest BCUT2D eigenvalue weighted by atomic mass is 15.4. The van der Waals surface area contributed by atoms with Crippen molar-refractivity contribution in [1.29, 1.82) is 0 Å². The van der Waals surface area contributed by atoms with Gasteiger partial charge in [-0.15, -0.1) is 0 Å². The van der Waals surface area contributed by atoms with Crippen molar-refractivity contribution < 1.29 is 0 Å². The van der Waals surface area contributed by atoms with Crippen molar-refractivity contribution in [2.75, 3.05) is 22.9 Å². The summed E-state index contributed by atoms with van der Waals surface area (Å²) in [4.78, 5) is 18.3. The highest BCUT2D eigenvalue weighted by Crippen LogP contribution is 2.37. The third-order valence-electron chi connectivity index (χ3n) is 4.79. The second-order valence-electron chi connectivity index (χ2n) is 6.24. The molecule has 116 valence electrons. The summed E-state index contributed by atoms with van der Waals surface area (Å²) in [6.45, 7) is 3.91. The molecule has 0 radical (unpaired) electrons. The Bertz CT molecular complexity index is 862. The zero-order valence-electron chi connectivity index (χ0n) is 12.9. The van der Waals surface area contributed by atoms with E-state index in [1.54, 1.807) is 10.7 Å². The fourth-order valence-corrected chi connectivity index (χ4v) is 3.74. The summed E-state index contributed by atoms with van der Waals surface area (Å²) in [6, 6.07) is 7.00. The van der Waals surface area contributed by atoms with Crippen LogP contribution in [0, 0.1) is 6.92 Å². The third-order valence-corrected chi connectivity index (χ3v) is 4.79. The predicted octanol–water partition coefficient (Wildman–Crippen LogP) is 1.30. The Kier molecular flexibility index (Phi) is 2.59. The first-order chi connectivity index (χ1) is 11.3. The number of piperidine rings is 1. The van der Waals surface area contributed by atoms with Gasteiger partial charge in [0.2, 0.25) is 0 Å². The molecule has 7 nitrogen and oxygen atoms in total. The molecule has 23 heavy (non-hydrogen) atoms. The van der Waals surface area contributed by atoms with Gasteiger partial charge >= 0.3 is 0 Å². The molecule has 0 saturated carbocycles. The minimum absolute atomic E-state index is 0.502. The SMILES string of the molecule is Cc1nccc(N2CC3CC(C2)N3c2ccn3nccc3n2)n1. The summed E-state index contributed by atoms with van der Waals surface area (Å²) in [5.74, 6) is 2.91. The van der Waals surface area contributed by atoms with Crippen LogP contribution >= 0.6 is 0 Å². The monoisotopic (exact) mass is 307 g/mol. The minimum Gasteiger partial charge on any atom is -0.352 e. The second kappa shape index (κ2) is 4.65. The Morgan fingerprint density at radius 1 is 1.00 bits per heavy atom. The molecule has 6 heterocycles. The van der Waals surface area contributed by atoms with Crippen molar-refractivity contribution >= 4 is 17.3 Å². The first kappa shape index (κ1) is 12.8. The van der Waals surface area contributed by atoms with Crippen molar-refractivity contribution in [2.45, 2.75) is 25.4 Å². The van der Waals surface area contributed by atoms with Crippen molar-refractivity contribution in [2.24, 2.45) is 0 Å². The molecule has 2 bridgehead atoms. The molecule has 3 aliphatic heterocycles. The zero-order chi connectivity index (χ0) is 15.4. The number of aryl methyl sites for hydroxylation is 1. The van der Waals surface area contributed by atoms with E-state index in [4.69, 9.17) is 4.98 Å². The molecule has 3 saturated heterocycles. The van der Waals surface area contributed by atoms with Crippen LogP contribution in [0.25, 0.3) is 5.65 Å². The average molecular weight is 307 g/mol. The molecule has 3 fully saturated rings. The van der Waals surface area contributed by atoms with Gasteiger partial charge < -0.3 is 9.80 Å². The number of fused-ring (bicyclic) bond motifs is 3. The van der Waals surface area contributed by atoms with Crippen LogP contribution in [-0.4, -0.2) is 49.7 Å². The van der Waals surface area contributed by atoms with Crippen LogP contribution in [0.4, 0.5) is 11.6 Å². The van der Waals surface area contributed by atoms with Gasteiger partial charge in [0.05, 0.1) is 18.3 Å². The van der Waals surface area contributed by atoms with E-state index in [2.05, 4.69) is 30.9 Å². The van der Waals surface area contributed by atoms with Gasteiger partial charge in [-0.05, 0) is 25.5 Å². The van der Waals surface area contributed by atoms with Gasteiger partial charge in [-0.2, -0.15) is 5.10 Å². The first-order valence-electron chi connectivity index (χ1n) is 7.91. The third kappa shape index (κ3) is 1.96. The summed E-state index contributed by atoms with van der Waals surface area (Å²) >= 11 is 0. The summed E-state index contributed by atoms with van der Waals surface area (Å²) < 4.78 is 1.80. The number of piperazine rings is 1. The minimum atomic E-state index is 0.502. The smallest absolute Gasteiger partial charge is 0.157 e. The van der Waals surface area contributed by atoms with E-state index in [-0.39, 0.29) is 0 Å². The maximum absolute atomic E-state index is 4.73. The standard InChI is InChI=1S/C16H17N7/c1-11-17-5-2-14(19-11)21-9-12-8-13(10-21)23(12)16-4-7-22-15(20-16)3-6-18-22/h2-7,12-13H,8-10H2,1H3. The molecule has 0 N–H and O–H groups in total. The van der Waals surface area contributed by atoms with E-state index in [1.807, 2.05) is 31.5 Å². The van der Waals surface area contributed by atoms with Gasteiger partial charge in [0, 0.05) is 31.5 Å². The summed E-state index contributed by atoms with van der Waals surface area (Å²) in [7, 11) is 0. The zero-order valence-corrected chi connectivity index (χ0v) is 12.9. The number of hydrogen-bond acceptors (Lipinski definition) is 6. The van der Waals surface area contributed by atoms with Crippen molar-refractivity contribution in [1.82, 2.24) is 24.6 Å². The van der Waals surface area contributed by atoms with Gasteiger partial charge in [-0.1, -0.05) is 0 Å². The average Bonchev–Trinajstić information content (AvgIpc) is 3.02. The largest absolute Gasteiger partial charge is 0.352 e. The molecule has 6 rings (SSSR count). The van der Waals surface area contributed by atoms with Gasteiger partial charge in [0.15, 0.2) is 5.65 Å². The van der Waals surface area contributed by atoms with Crippen molar-refractivity contribution in [3.8, 4) is 0 Å². The van der Waals surface area contributed by atoms with Gasteiger partial charge in [0.25, 0.3) is 0 Å². The summed E-state index contributed by atoms with van der Waals surface area (Å²) in [5.41, 5.74) is 0.899.